The summed E-state index contributed by atoms with van der Waals surface area (Å²) in [5, 5.41) is 17.8. The highest BCUT2D eigenvalue weighted by molar-refractivity contribution is 5.96. The van der Waals surface area contributed by atoms with Gasteiger partial charge >= 0.3 is 11.9 Å². The monoisotopic (exact) mass is 235 g/mol. The van der Waals surface area contributed by atoms with Crippen LogP contribution in [-0.2, 0) is 6.54 Å². The second-order valence-corrected chi connectivity index (χ2v) is 3.36. The van der Waals surface area contributed by atoms with Gasteiger partial charge in [0.05, 0.1) is 17.6 Å². The van der Waals surface area contributed by atoms with Crippen LogP contribution in [0, 0.1) is 0 Å². The molecule has 2 aromatic heterocycles. The van der Waals surface area contributed by atoms with Crippen molar-refractivity contribution < 1.29 is 19.8 Å². The van der Waals surface area contributed by atoms with Crippen molar-refractivity contribution in [2.75, 3.05) is 0 Å². The summed E-state index contributed by atoms with van der Waals surface area (Å²) in [6, 6.07) is 2.62. The average molecular weight is 235 g/mol. The molecule has 88 valence electrons. The van der Waals surface area contributed by atoms with Crippen molar-refractivity contribution >= 4 is 17.5 Å². The lowest BCUT2D eigenvalue weighted by Gasteiger charge is -1.99. The van der Waals surface area contributed by atoms with Gasteiger partial charge in [0.1, 0.15) is 5.82 Å². The average Bonchev–Trinajstić information content (AvgIpc) is 2.66. The summed E-state index contributed by atoms with van der Waals surface area (Å²) < 4.78 is 1.47. The fraction of sp³-hybridized carbons (Fsp3) is 0.100. The summed E-state index contributed by atoms with van der Waals surface area (Å²) in [6.45, 7) is 0.0703. The molecule has 2 aromatic rings. The first-order valence-corrected chi connectivity index (χ1v) is 4.72. The highest BCUT2D eigenvalue weighted by atomic mass is 16.4. The molecule has 7 nitrogen and oxygen atoms in total. The zero-order valence-corrected chi connectivity index (χ0v) is 8.62. The third-order valence-corrected chi connectivity index (χ3v) is 2.35. The van der Waals surface area contributed by atoms with Gasteiger partial charge in [0.15, 0.2) is 5.69 Å². The standard InChI is InChI=1S/C10H9N3O4/c11-4-7-12-8(10(16)17)6-3-5(9(14)15)1-2-13(6)7/h1-3H,4,11H2,(H,14,15)(H,16,17). The Hall–Kier alpha value is -2.41. The van der Waals surface area contributed by atoms with Crippen molar-refractivity contribution in [3.63, 3.8) is 0 Å². The number of rotatable bonds is 3. The van der Waals surface area contributed by atoms with Gasteiger partial charge in [-0.2, -0.15) is 0 Å². The summed E-state index contributed by atoms with van der Waals surface area (Å²) in [6.07, 6.45) is 1.44. The highest BCUT2D eigenvalue weighted by Crippen LogP contribution is 2.15. The van der Waals surface area contributed by atoms with Crippen molar-refractivity contribution in [3.05, 3.63) is 35.4 Å². The topological polar surface area (TPSA) is 118 Å². The molecule has 0 saturated carbocycles. The minimum atomic E-state index is -1.22. The van der Waals surface area contributed by atoms with Gasteiger partial charge in [-0.1, -0.05) is 0 Å². The van der Waals surface area contributed by atoms with Crippen molar-refractivity contribution in [2.24, 2.45) is 5.73 Å². The molecule has 2 heterocycles. The number of carboxylic acid groups (broad SMARTS) is 2. The van der Waals surface area contributed by atoms with Gasteiger partial charge in [-0.25, -0.2) is 14.6 Å². The molecule has 0 atom stereocenters. The van der Waals surface area contributed by atoms with Crippen LogP contribution in [0.25, 0.3) is 5.52 Å². The van der Waals surface area contributed by atoms with Gasteiger partial charge in [-0.05, 0) is 12.1 Å². The largest absolute Gasteiger partial charge is 0.478 e. The molecular weight excluding hydrogens is 226 g/mol. The molecular formula is C10H9N3O4. The minimum Gasteiger partial charge on any atom is -0.478 e. The number of hydrogen-bond donors (Lipinski definition) is 3. The molecule has 0 fully saturated rings. The maximum Gasteiger partial charge on any atom is 0.356 e. The zero-order chi connectivity index (χ0) is 12.6. The quantitative estimate of drug-likeness (QED) is 0.698. The Morgan fingerprint density at radius 2 is 2.06 bits per heavy atom. The normalized spacial score (nSPS) is 10.6. The maximum absolute atomic E-state index is 11.0. The number of imidazole rings is 1. The fourth-order valence-corrected chi connectivity index (χ4v) is 1.58. The van der Waals surface area contributed by atoms with E-state index >= 15 is 0 Å². The summed E-state index contributed by atoms with van der Waals surface area (Å²) >= 11 is 0. The predicted molar refractivity (Wildman–Crippen MR) is 57.0 cm³/mol. The number of fused-ring (bicyclic) bond motifs is 1. The number of carbonyl (C=O) groups is 2. The predicted octanol–water partition coefficient (Wildman–Crippen LogP) is 0.189. The van der Waals surface area contributed by atoms with Crippen molar-refractivity contribution in [3.8, 4) is 0 Å². The first kappa shape index (κ1) is 11.1. The molecule has 0 spiro atoms. The Morgan fingerprint density at radius 1 is 1.35 bits per heavy atom. The van der Waals surface area contributed by atoms with Crippen LogP contribution in [0.2, 0.25) is 0 Å². The van der Waals surface area contributed by atoms with E-state index in [-0.39, 0.29) is 23.3 Å². The summed E-state index contributed by atoms with van der Waals surface area (Å²) in [4.78, 5) is 25.6. The molecule has 0 aliphatic heterocycles. The van der Waals surface area contributed by atoms with Crippen LogP contribution in [0.3, 0.4) is 0 Å². The SMILES string of the molecule is NCc1nc(C(=O)O)c2cc(C(=O)O)ccn12. The number of aromatic nitrogens is 2. The van der Waals surface area contributed by atoms with E-state index in [2.05, 4.69) is 4.98 Å². The number of carboxylic acids is 2. The van der Waals surface area contributed by atoms with Crippen LogP contribution < -0.4 is 5.73 Å². The molecule has 0 bridgehead atoms. The van der Waals surface area contributed by atoms with Gasteiger partial charge in [0.2, 0.25) is 0 Å². The van der Waals surface area contributed by atoms with Crippen molar-refractivity contribution in [2.45, 2.75) is 6.54 Å². The molecule has 0 radical (unpaired) electrons. The van der Waals surface area contributed by atoms with E-state index in [1.54, 1.807) is 0 Å². The number of pyridine rings is 1. The van der Waals surface area contributed by atoms with Gasteiger partial charge in [0.25, 0.3) is 0 Å². The molecule has 0 aliphatic rings. The van der Waals surface area contributed by atoms with Gasteiger partial charge in [-0.15, -0.1) is 0 Å². The molecule has 0 unspecified atom stereocenters. The van der Waals surface area contributed by atoms with Crippen LogP contribution in [0.1, 0.15) is 26.7 Å². The maximum atomic E-state index is 11.0. The van der Waals surface area contributed by atoms with Crippen LogP contribution in [0.5, 0.6) is 0 Å². The van der Waals surface area contributed by atoms with E-state index < -0.39 is 11.9 Å². The second kappa shape index (κ2) is 3.87. The summed E-state index contributed by atoms with van der Waals surface area (Å²) in [5.74, 6) is -1.97. The second-order valence-electron chi connectivity index (χ2n) is 3.36. The number of aromatic carboxylic acids is 2. The lowest BCUT2D eigenvalue weighted by Crippen LogP contribution is -2.03. The molecule has 0 aliphatic carbocycles. The van der Waals surface area contributed by atoms with Gasteiger partial charge < -0.3 is 20.3 Å². The summed E-state index contributed by atoms with van der Waals surface area (Å²) in [5.41, 5.74) is 5.46. The molecule has 17 heavy (non-hydrogen) atoms. The van der Waals surface area contributed by atoms with E-state index in [1.165, 1.54) is 22.7 Å². The Balaban J connectivity index is 2.78. The number of nitrogens with two attached hydrogens (primary N) is 1. The third kappa shape index (κ3) is 1.72. The van der Waals surface area contributed by atoms with Crippen LogP contribution in [0.4, 0.5) is 0 Å². The molecule has 0 saturated heterocycles. The van der Waals surface area contributed by atoms with Gasteiger partial charge in [-0.3, -0.25) is 0 Å². The number of nitrogens with zero attached hydrogens (tertiary/aromatic N) is 2. The Kier molecular flexibility index (Phi) is 2.52. The summed E-state index contributed by atoms with van der Waals surface area (Å²) in [7, 11) is 0. The first-order chi connectivity index (χ1) is 8.04. The fourth-order valence-electron chi connectivity index (χ4n) is 1.58. The molecule has 4 N–H and O–H groups in total. The Morgan fingerprint density at radius 3 is 2.59 bits per heavy atom. The number of hydrogen-bond acceptors (Lipinski definition) is 4. The Bertz CT molecular complexity index is 617. The smallest absolute Gasteiger partial charge is 0.356 e. The van der Waals surface area contributed by atoms with Crippen molar-refractivity contribution in [1.82, 2.24) is 9.38 Å². The Labute approximate surface area is 95.1 Å². The van der Waals surface area contributed by atoms with Gasteiger partial charge in [0, 0.05) is 6.20 Å². The van der Waals surface area contributed by atoms with E-state index in [1.807, 2.05) is 0 Å². The first-order valence-electron chi connectivity index (χ1n) is 4.72. The molecule has 2 rings (SSSR count). The van der Waals surface area contributed by atoms with E-state index in [0.29, 0.717) is 5.82 Å². The lowest BCUT2D eigenvalue weighted by atomic mass is 10.2. The van der Waals surface area contributed by atoms with E-state index in [0.717, 1.165) is 0 Å². The van der Waals surface area contributed by atoms with Crippen molar-refractivity contribution in [1.29, 1.82) is 0 Å². The highest BCUT2D eigenvalue weighted by Gasteiger charge is 2.17. The zero-order valence-electron chi connectivity index (χ0n) is 8.62. The molecule has 7 heteroatoms. The molecule has 0 aromatic carbocycles. The van der Waals surface area contributed by atoms with Crippen LogP contribution in [0.15, 0.2) is 18.3 Å². The van der Waals surface area contributed by atoms with Crippen LogP contribution >= 0.6 is 0 Å². The van der Waals surface area contributed by atoms with E-state index in [4.69, 9.17) is 15.9 Å². The lowest BCUT2D eigenvalue weighted by molar-refractivity contribution is 0.0682. The molecule has 0 amide bonds. The van der Waals surface area contributed by atoms with Crippen LogP contribution in [-0.4, -0.2) is 31.5 Å². The third-order valence-electron chi connectivity index (χ3n) is 2.35. The minimum absolute atomic E-state index is 0.00321. The van der Waals surface area contributed by atoms with E-state index in [9.17, 15) is 9.59 Å².